The number of pyridine rings is 1. The van der Waals surface area contributed by atoms with E-state index >= 15 is 8.78 Å². The van der Waals surface area contributed by atoms with Crippen LogP contribution >= 0.6 is 23.2 Å². The number of carbonyl (C=O) groups excluding carboxylic acids is 1. The average molecular weight is 748 g/mol. The molecule has 1 N–H and O–H groups in total. The molecule has 6 heterocycles. The van der Waals surface area contributed by atoms with Gasteiger partial charge >= 0.3 is 0 Å². The van der Waals surface area contributed by atoms with Crippen LogP contribution in [0.5, 0.6) is 5.88 Å². The van der Waals surface area contributed by atoms with Crippen molar-refractivity contribution in [3.63, 3.8) is 0 Å². The fraction of sp³-hybridized carbons (Fsp3) is 0.525. The minimum absolute atomic E-state index is 0.0156. The van der Waals surface area contributed by atoms with Crippen molar-refractivity contribution in [3.05, 3.63) is 57.5 Å². The van der Waals surface area contributed by atoms with Gasteiger partial charge < -0.3 is 19.5 Å². The molecule has 1 amide bonds. The van der Waals surface area contributed by atoms with Gasteiger partial charge in [-0.15, -0.1) is 0 Å². The van der Waals surface area contributed by atoms with Crippen LogP contribution in [0.25, 0.3) is 32.9 Å². The highest BCUT2D eigenvalue weighted by molar-refractivity contribution is 6.43. The molecule has 4 aromatic rings. The second-order valence-electron chi connectivity index (χ2n) is 15.6. The highest BCUT2D eigenvalue weighted by atomic mass is 35.5. The van der Waals surface area contributed by atoms with Gasteiger partial charge in [0.25, 0.3) is 0 Å². The Kier molecular flexibility index (Phi) is 8.65. The zero-order chi connectivity index (χ0) is 36.0. The third-order valence-corrected chi connectivity index (χ3v) is 13.2. The van der Waals surface area contributed by atoms with Crippen LogP contribution in [0.2, 0.25) is 10.0 Å². The number of ether oxygens (including phenoxy) is 1. The molecule has 2 saturated carbocycles. The van der Waals surface area contributed by atoms with E-state index in [0.29, 0.717) is 33.3 Å². The molecule has 2 bridgehead atoms. The van der Waals surface area contributed by atoms with Gasteiger partial charge in [0.05, 0.1) is 45.6 Å². The molecular weight excluding hydrogens is 705 g/mol. The molecule has 2 aromatic carbocycles. The van der Waals surface area contributed by atoms with Crippen LogP contribution in [0.3, 0.4) is 0 Å². The maximum absolute atomic E-state index is 17.5. The maximum atomic E-state index is 17.5. The number of aryl methyl sites for hydroxylation is 1. The summed E-state index contributed by atoms with van der Waals surface area (Å²) in [6, 6.07) is 11.3. The number of hydrogen-bond donors (Lipinski definition) is 1. The minimum Gasteiger partial charge on any atom is -0.472 e. The standard InChI is InChI=1S/C40H42Cl2F2N6O2/c1-20(30-9-5-13-48(30)2)52-39-27-17-32(31-16-24(43)19-49(31)40(51)21-10-11-21)50(37-23-15-29(37)46-18-23)38(27)26-14-22(6-4-12-45)33(35(44)36(26)47-39)25-7-3-8-28(41)34(25)42/h3,7-8,14,17,20-21,23-24,29-31,37,46H,4-6,9-11,13,15-16,18-19H2,1-2H3/t20-,23+,24-,29+,30-,31+,37-/m0/s1. The number of nitriles is 1. The van der Waals surface area contributed by atoms with E-state index in [4.69, 9.17) is 32.9 Å². The Morgan fingerprint density at radius 2 is 2.02 bits per heavy atom. The molecule has 10 rings (SSSR count). The SMILES string of the molecule is C[C@H](Oc1nc2c(F)c(-c3cccc(Cl)c3Cl)c(CCC#N)cc2c2c1cc([C@H]1C[C@H](F)CN1C(=O)C1CC1)n2[C@H]1[C@H]2CN[C@@H]1C2)[C@@H]1CCCN1C. The molecule has 7 atom stereocenters. The molecule has 2 aliphatic carbocycles. The Bertz CT molecular complexity index is 2130. The van der Waals surface area contributed by atoms with Gasteiger partial charge in [-0.3, -0.25) is 9.69 Å². The minimum atomic E-state index is -1.14. The summed E-state index contributed by atoms with van der Waals surface area (Å²) >= 11 is 13.2. The first-order chi connectivity index (χ1) is 25.1. The monoisotopic (exact) mass is 746 g/mol. The molecule has 6 fully saturated rings. The zero-order valence-corrected chi connectivity index (χ0v) is 30.9. The smallest absolute Gasteiger partial charge is 0.226 e. The average Bonchev–Trinajstić information content (AvgIpc) is 3.55. The lowest BCUT2D eigenvalue weighted by molar-refractivity contribution is -0.133. The molecule has 8 nitrogen and oxygen atoms in total. The van der Waals surface area contributed by atoms with Crippen molar-refractivity contribution in [2.45, 2.75) is 94.7 Å². The van der Waals surface area contributed by atoms with Crippen molar-refractivity contribution in [3.8, 4) is 23.1 Å². The van der Waals surface area contributed by atoms with Crippen molar-refractivity contribution in [1.29, 1.82) is 5.26 Å². The topological polar surface area (TPSA) is 86.4 Å². The van der Waals surface area contributed by atoms with E-state index in [1.54, 1.807) is 23.1 Å². The molecule has 0 spiro atoms. The van der Waals surface area contributed by atoms with Crippen LogP contribution < -0.4 is 10.1 Å². The number of nitrogens with zero attached hydrogens (tertiary/aromatic N) is 5. The van der Waals surface area contributed by atoms with Crippen molar-refractivity contribution < 1.29 is 18.3 Å². The summed E-state index contributed by atoms with van der Waals surface area (Å²) in [5, 5.41) is 15.1. The number of rotatable bonds is 9. The van der Waals surface area contributed by atoms with E-state index in [9.17, 15) is 10.1 Å². The van der Waals surface area contributed by atoms with Crippen LogP contribution in [0.1, 0.15) is 75.2 Å². The number of aromatic nitrogens is 2. The van der Waals surface area contributed by atoms with Gasteiger partial charge in [0, 0.05) is 59.6 Å². The van der Waals surface area contributed by atoms with Gasteiger partial charge in [-0.25, -0.2) is 13.8 Å². The maximum Gasteiger partial charge on any atom is 0.226 e. The molecule has 0 unspecified atom stereocenters. The van der Waals surface area contributed by atoms with Crippen LogP contribution in [0.15, 0.2) is 30.3 Å². The third-order valence-electron chi connectivity index (χ3n) is 12.4. The van der Waals surface area contributed by atoms with Gasteiger partial charge in [0.1, 0.15) is 17.8 Å². The fourth-order valence-corrected chi connectivity index (χ4v) is 10.1. The van der Waals surface area contributed by atoms with Gasteiger partial charge in [-0.2, -0.15) is 5.26 Å². The molecule has 0 radical (unpaired) electrons. The number of nitrogens with one attached hydrogen (secondary N) is 1. The Hall–Kier alpha value is -3.49. The Balaban J connectivity index is 1.33. The Morgan fingerprint density at radius 3 is 2.71 bits per heavy atom. The van der Waals surface area contributed by atoms with Crippen LogP contribution in [-0.2, 0) is 11.2 Å². The van der Waals surface area contributed by atoms with Crippen LogP contribution in [-0.4, -0.2) is 76.3 Å². The summed E-state index contributed by atoms with van der Waals surface area (Å²) in [4.78, 5) is 22.7. The summed E-state index contributed by atoms with van der Waals surface area (Å²) in [5.41, 5.74) is 3.06. The summed E-state index contributed by atoms with van der Waals surface area (Å²) in [5.74, 6) is 0.0525. The molecular formula is C40H42Cl2F2N6O2. The Labute approximate surface area is 312 Å². The lowest BCUT2D eigenvalue weighted by Gasteiger charge is -2.39. The van der Waals surface area contributed by atoms with E-state index in [1.807, 2.05) is 19.1 Å². The van der Waals surface area contributed by atoms with Gasteiger partial charge in [-0.05, 0) is 88.7 Å². The number of halogens is 4. The normalized spacial score (nSPS) is 27.8. The summed E-state index contributed by atoms with van der Waals surface area (Å²) in [7, 11) is 2.09. The number of hydrogen-bond acceptors (Lipinski definition) is 6. The highest BCUT2D eigenvalue weighted by Crippen LogP contribution is 2.52. The molecule has 2 aromatic heterocycles. The van der Waals surface area contributed by atoms with Gasteiger partial charge in [0.2, 0.25) is 11.8 Å². The number of alkyl halides is 1. The van der Waals surface area contributed by atoms with E-state index in [1.165, 1.54) is 0 Å². The van der Waals surface area contributed by atoms with Crippen molar-refractivity contribution >= 4 is 50.9 Å². The second-order valence-corrected chi connectivity index (χ2v) is 16.4. The molecule has 272 valence electrons. The quantitative estimate of drug-likeness (QED) is 0.186. The molecule has 52 heavy (non-hydrogen) atoms. The number of benzene rings is 2. The fourth-order valence-electron chi connectivity index (χ4n) is 9.67. The molecule has 12 heteroatoms. The van der Waals surface area contributed by atoms with E-state index < -0.39 is 18.0 Å². The summed E-state index contributed by atoms with van der Waals surface area (Å²) in [6.45, 7) is 3.93. The predicted molar refractivity (Wildman–Crippen MR) is 198 cm³/mol. The lowest BCUT2D eigenvalue weighted by atomic mass is 9.79. The largest absolute Gasteiger partial charge is 0.472 e. The molecule has 6 aliphatic rings. The van der Waals surface area contributed by atoms with E-state index in [2.05, 4.69) is 27.9 Å². The number of carbonyl (C=O) groups is 1. The lowest BCUT2D eigenvalue weighted by Crippen LogP contribution is -2.41. The van der Waals surface area contributed by atoms with Crippen molar-refractivity contribution in [1.82, 2.24) is 24.7 Å². The van der Waals surface area contributed by atoms with Crippen LogP contribution in [0.4, 0.5) is 8.78 Å². The molecule has 4 saturated heterocycles. The first-order valence-electron chi connectivity index (χ1n) is 18.7. The van der Waals surface area contributed by atoms with Crippen molar-refractivity contribution in [2.24, 2.45) is 11.8 Å². The van der Waals surface area contributed by atoms with Crippen LogP contribution in [0, 0.1) is 29.0 Å². The molecule has 4 aliphatic heterocycles. The first kappa shape index (κ1) is 34.3. The summed E-state index contributed by atoms with van der Waals surface area (Å²) < 4.78 is 42.1. The van der Waals surface area contributed by atoms with E-state index in [0.717, 1.165) is 61.8 Å². The van der Waals surface area contributed by atoms with Gasteiger partial charge in [-0.1, -0.05) is 35.3 Å². The number of amides is 1. The van der Waals surface area contributed by atoms with Crippen molar-refractivity contribution in [2.75, 3.05) is 26.7 Å². The number of fused-ring (bicyclic) bond motifs is 4. The third kappa shape index (κ3) is 5.49. The number of likely N-dealkylation sites (tertiary alicyclic amines) is 2. The number of likely N-dealkylation sites (N-methyl/N-ethyl adjacent to an activating group) is 1. The highest BCUT2D eigenvalue weighted by Gasteiger charge is 2.51. The Morgan fingerprint density at radius 1 is 1.19 bits per heavy atom. The van der Waals surface area contributed by atoms with Gasteiger partial charge in [0.15, 0.2) is 5.82 Å². The zero-order valence-electron chi connectivity index (χ0n) is 29.3. The second kappa shape index (κ2) is 13.1. The predicted octanol–water partition coefficient (Wildman–Crippen LogP) is 8.17. The van der Waals surface area contributed by atoms with E-state index in [-0.39, 0.29) is 78.0 Å². The summed E-state index contributed by atoms with van der Waals surface area (Å²) in [6.07, 6.45) is 3.99. The first-order valence-corrected chi connectivity index (χ1v) is 19.5.